The zero-order valence-corrected chi connectivity index (χ0v) is 11.5. The smallest absolute Gasteiger partial charge is 0.253 e. The van der Waals surface area contributed by atoms with Crippen LogP contribution in [0.4, 0.5) is 0 Å². The largest absolute Gasteiger partial charge is 0.276 e. The maximum Gasteiger partial charge on any atom is 0.253 e. The first-order valence-corrected chi connectivity index (χ1v) is 6.07. The summed E-state index contributed by atoms with van der Waals surface area (Å²) in [5.74, 6) is 0. The lowest BCUT2D eigenvalue weighted by Crippen LogP contribution is -1.94. The number of pyridine rings is 1. The van der Waals surface area contributed by atoms with E-state index in [0.29, 0.717) is 26.0 Å². The zero-order valence-electron chi connectivity index (χ0n) is 7.60. The van der Waals surface area contributed by atoms with E-state index in [9.17, 15) is 4.79 Å². The van der Waals surface area contributed by atoms with Crippen molar-refractivity contribution < 1.29 is 4.79 Å². The molecule has 0 aliphatic heterocycles. The molecule has 1 aromatic carbocycles. The molecule has 0 saturated carbocycles. The lowest BCUT2D eigenvalue weighted by molar-refractivity contribution is 0.108. The van der Waals surface area contributed by atoms with Gasteiger partial charge in [-0.15, -0.1) is 0 Å². The Balaban J connectivity index is 2.95. The number of nitrogens with zero attached hydrogens (tertiary/aromatic N) is 1. The quantitative estimate of drug-likeness (QED) is 0.558. The average molecular weight is 339 g/mol. The monoisotopic (exact) mass is 337 g/mol. The third-order valence-electron chi connectivity index (χ3n) is 2.01. The number of benzene rings is 1. The molecule has 82 valence electrons. The number of rotatable bonds is 1. The van der Waals surface area contributed by atoms with Crippen LogP contribution in [0.15, 0.2) is 22.7 Å². The minimum atomic E-state index is -0.594. The van der Waals surface area contributed by atoms with E-state index >= 15 is 0 Å². The third kappa shape index (κ3) is 2.18. The number of aromatic nitrogens is 1. The molecule has 16 heavy (non-hydrogen) atoms. The molecule has 0 fully saturated rings. The zero-order chi connectivity index (χ0) is 11.9. The van der Waals surface area contributed by atoms with Crippen LogP contribution in [0.25, 0.3) is 10.9 Å². The van der Waals surface area contributed by atoms with Crippen LogP contribution < -0.4 is 0 Å². The number of carbonyl (C=O) groups excluding carboxylic acids is 1. The maximum atomic E-state index is 11.3. The van der Waals surface area contributed by atoms with Gasteiger partial charge in [0.25, 0.3) is 5.24 Å². The van der Waals surface area contributed by atoms with Gasteiger partial charge < -0.3 is 0 Å². The van der Waals surface area contributed by atoms with E-state index in [2.05, 4.69) is 20.9 Å². The van der Waals surface area contributed by atoms with Gasteiger partial charge in [0.2, 0.25) is 0 Å². The van der Waals surface area contributed by atoms with Crippen molar-refractivity contribution in [3.8, 4) is 0 Å². The topological polar surface area (TPSA) is 30.0 Å². The normalized spacial score (nSPS) is 10.8. The van der Waals surface area contributed by atoms with Gasteiger partial charge in [-0.2, -0.15) is 0 Å². The van der Waals surface area contributed by atoms with Gasteiger partial charge in [0.05, 0.1) is 5.52 Å². The molecule has 0 unspecified atom stereocenters. The highest BCUT2D eigenvalue weighted by Crippen LogP contribution is 2.31. The van der Waals surface area contributed by atoms with Crippen LogP contribution in [0.3, 0.4) is 0 Å². The summed E-state index contributed by atoms with van der Waals surface area (Å²) in [6, 6.07) is 4.72. The highest BCUT2D eigenvalue weighted by atomic mass is 79.9. The summed E-state index contributed by atoms with van der Waals surface area (Å²) in [4.78, 5) is 15.4. The second-order valence-electron chi connectivity index (χ2n) is 3.05. The van der Waals surface area contributed by atoms with Gasteiger partial charge in [0.15, 0.2) is 0 Å². The van der Waals surface area contributed by atoms with Crippen LogP contribution in [-0.4, -0.2) is 10.2 Å². The molecule has 0 aliphatic rings. The first-order chi connectivity index (χ1) is 7.49. The van der Waals surface area contributed by atoms with E-state index in [1.165, 1.54) is 6.07 Å². The van der Waals surface area contributed by atoms with E-state index < -0.39 is 5.24 Å². The molecular formula is C10H3BrCl3NO. The van der Waals surface area contributed by atoms with Gasteiger partial charge in [-0.05, 0) is 45.7 Å². The van der Waals surface area contributed by atoms with Gasteiger partial charge in [-0.3, -0.25) is 4.79 Å². The van der Waals surface area contributed by atoms with Crippen LogP contribution in [0.2, 0.25) is 10.2 Å². The Morgan fingerprint density at radius 3 is 2.56 bits per heavy atom. The molecule has 0 atom stereocenters. The Labute approximate surface area is 115 Å². The first kappa shape index (κ1) is 12.1. The molecule has 0 saturated heterocycles. The molecule has 0 bridgehead atoms. The Morgan fingerprint density at radius 2 is 1.94 bits per heavy atom. The van der Waals surface area contributed by atoms with Crippen molar-refractivity contribution in [1.82, 2.24) is 4.98 Å². The van der Waals surface area contributed by atoms with Crippen LogP contribution in [0.5, 0.6) is 0 Å². The van der Waals surface area contributed by atoms with Crippen molar-refractivity contribution in [2.24, 2.45) is 0 Å². The Morgan fingerprint density at radius 1 is 1.25 bits per heavy atom. The lowest BCUT2D eigenvalue weighted by Gasteiger charge is -2.05. The maximum absolute atomic E-state index is 11.3. The van der Waals surface area contributed by atoms with Crippen molar-refractivity contribution >= 4 is 66.9 Å². The molecule has 1 aromatic heterocycles. The number of hydrogen-bond donors (Lipinski definition) is 0. The second kappa shape index (κ2) is 4.49. The minimum absolute atomic E-state index is 0.208. The summed E-state index contributed by atoms with van der Waals surface area (Å²) in [5, 5.41) is 0.675. The Bertz CT molecular complexity index is 600. The Hall–Kier alpha value is -0.350. The standard InChI is InChI=1S/C10H3BrCl3NO/c11-7-2-4(12)1-5-6(10(14)16)3-8(13)15-9(5)7/h1-3H. The minimum Gasteiger partial charge on any atom is -0.276 e. The van der Waals surface area contributed by atoms with Crippen molar-refractivity contribution in [3.05, 3.63) is 38.4 Å². The summed E-state index contributed by atoms with van der Waals surface area (Å²) >= 11 is 20.5. The molecule has 6 heteroatoms. The van der Waals surface area contributed by atoms with E-state index in [1.807, 2.05) is 0 Å². The van der Waals surface area contributed by atoms with Crippen molar-refractivity contribution in [3.63, 3.8) is 0 Å². The molecule has 0 N–H and O–H groups in total. The highest BCUT2D eigenvalue weighted by molar-refractivity contribution is 9.10. The van der Waals surface area contributed by atoms with Gasteiger partial charge >= 0.3 is 0 Å². The molecular weight excluding hydrogens is 336 g/mol. The fourth-order valence-electron chi connectivity index (χ4n) is 1.38. The number of fused-ring (bicyclic) bond motifs is 1. The van der Waals surface area contributed by atoms with Crippen LogP contribution in [-0.2, 0) is 0 Å². The van der Waals surface area contributed by atoms with Gasteiger partial charge in [-0.25, -0.2) is 4.98 Å². The molecule has 2 nitrogen and oxygen atoms in total. The molecule has 0 radical (unpaired) electrons. The van der Waals surface area contributed by atoms with Crippen LogP contribution in [0.1, 0.15) is 10.4 Å². The van der Waals surface area contributed by atoms with E-state index in [1.54, 1.807) is 12.1 Å². The van der Waals surface area contributed by atoms with Crippen molar-refractivity contribution in [2.75, 3.05) is 0 Å². The van der Waals surface area contributed by atoms with Gasteiger partial charge in [0, 0.05) is 20.4 Å². The molecule has 1 heterocycles. The SMILES string of the molecule is O=C(Cl)c1cc(Cl)nc2c(Br)cc(Cl)cc12. The average Bonchev–Trinajstić information content (AvgIpc) is 2.18. The summed E-state index contributed by atoms with van der Waals surface area (Å²) in [6.45, 7) is 0. The predicted molar refractivity (Wildman–Crippen MR) is 69.6 cm³/mol. The fraction of sp³-hybridized carbons (Fsp3) is 0. The van der Waals surface area contributed by atoms with E-state index in [4.69, 9.17) is 34.8 Å². The third-order valence-corrected chi connectivity index (χ3v) is 3.23. The summed E-state index contributed by atoms with van der Waals surface area (Å²) in [6.07, 6.45) is 0. The highest BCUT2D eigenvalue weighted by Gasteiger charge is 2.13. The van der Waals surface area contributed by atoms with Gasteiger partial charge in [-0.1, -0.05) is 23.2 Å². The Kier molecular flexibility index (Phi) is 3.40. The predicted octanol–water partition coefficient (Wildman–Crippen LogP) is 4.68. The molecule has 0 spiro atoms. The van der Waals surface area contributed by atoms with E-state index in [0.717, 1.165) is 0 Å². The van der Waals surface area contributed by atoms with Crippen molar-refractivity contribution in [2.45, 2.75) is 0 Å². The molecule has 0 aliphatic carbocycles. The number of halogens is 4. The summed E-state index contributed by atoms with van der Waals surface area (Å²) < 4.78 is 0.664. The van der Waals surface area contributed by atoms with Crippen LogP contribution >= 0.6 is 50.7 Å². The van der Waals surface area contributed by atoms with Crippen molar-refractivity contribution in [1.29, 1.82) is 0 Å². The van der Waals surface area contributed by atoms with Crippen LogP contribution in [0, 0.1) is 0 Å². The lowest BCUT2D eigenvalue weighted by atomic mass is 10.1. The number of hydrogen-bond acceptors (Lipinski definition) is 2. The second-order valence-corrected chi connectivity index (χ2v) is 5.07. The summed E-state index contributed by atoms with van der Waals surface area (Å²) in [5.41, 5.74) is 0.848. The van der Waals surface area contributed by atoms with E-state index in [-0.39, 0.29) is 5.15 Å². The molecule has 2 rings (SSSR count). The molecule has 2 aromatic rings. The fourth-order valence-corrected chi connectivity index (χ4v) is 2.63. The first-order valence-electron chi connectivity index (χ1n) is 4.14. The molecule has 0 amide bonds. The number of carbonyl (C=O) groups is 1. The van der Waals surface area contributed by atoms with Gasteiger partial charge in [0.1, 0.15) is 5.15 Å². The summed E-state index contributed by atoms with van der Waals surface area (Å²) in [7, 11) is 0.